The first-order valence-corrected chi connectivity index (χ1v) is 5.92. The van der Waals surface area contributed by atoms with Gasteiger partial charge in [-0.2, -0.15) is 5.10 Å². The number of anilines is 1. The zero-order valence-electron chi connectivity index (χ0n) is 10.9. The van der Waals surface area contributed by atoms with Crippen molar-refractivity contribution in [2.45, 2.75) is 27.4 Å². The molecule has 0 radical (unpaired) electrons. The van der Waals surface area contributed by atoms with Gasteiger partial charge in [0.05, 0.1) is 5.69 Å². The van der Waals surface area contributed by atoms with Crippen molar-refractivity contribution >= 4 is 11.5 Å². The van der Waals surface area contributed by atoms with Crippen molar-refractivity contribution in [3.8, 4) is 0 Å². The zero-order valence-corrected chi connectivity index (χ0v) is 10.9. The molecule has 0 spiro atoms. The summed E-state index contributed by atoms with van der Waals surface area (Å²) in [6.07, 6.45) is 0. The minimum Gasteiger partial charge on any atom is -0.366 e. The van der Waals surface area contributed by atoms with Gasteiger partial charge >= 0.3 is 0 Å². The zero-order chi connectivity index (χ0) is 13.1. The van der Waals surface area contributed by atoms with Crippen molar-refractivity contribution in [3.05, 3.63) is 47.3 Å². The van der Waals surface area contributed by atoms with E-state index in [1.54, 1.807) is 6.92 Å². The monoisotopic (exact) mass is 243 g/mol. The molecular formula is C14H17N3O. The van der Waals surface area contributed by atoms with Crippen LogP contribution in [0.25, 0.3) is 0 Å². The number of hydrogen-bond acceptors (Lipinski definition) is 3. The molecule has 1 N–H and O–H groups in total. The van der Waals surface area contributed by atoms with Crippen LogP contribution in [0.1, 0.15) is 28.7 Å². The Kier molecular flexibility index (Phi) is 3.46. The Morgan fingerprint density at radius 1 is 1.28 bits per heavy atom. The third-order valence-corrected chi connectivity index (χ3v) is 2.83. The van der Waals surface area contributed by atoms with Crippen molar-refractivity contribution in [2.75, 3.05) is 5.32 Å². The summed E-state index contributed by atoms with van der Waals surface area (Å²) in [5, 5.41) is 7.64. The lowest BCUT2D eigenvalue weighted by atomic mass is 10.1. The average Bonchev–Trinajstić information content (AvgIpc) is 2.66. The molecular weight excluding hydrogens is 226 g/mol. The minimum atomic E-state index is 0.0834. The summed E-state index contributed by atoms with van der Waals surface area (Å²) in [4.78, 5) is 11.1. The molecule has 1 aromatic heterocycles. The summed E-state index contributed by atoms with van der Waals surface area (Å²) >= 11 is 0. The van der Waals surface area contributed by atoms with Crippen LogP contribution in [-0.4, -0.2) is 15.6 Å². The Balaban J connectivity index is 2.02. The highest BCUT2D eigenvalue weighted by molar-refractivity contribution is 5.94. The van der Waals surface area contributed by atoms with Crippen LogP contribution in [-0.2, 0) is 6.67 Å². The number of ketones is 1. The second-order valence-electron chi connectivity index (χ2n) is 4.40. The SMILES string of the molecule is CC(=O)c1ccc(NCn2nc(C)cc2C)cc1. The van der Waals surface area contributed by atoms with Crippen molar-refractivity contribution in [1.82, 2.24) is 9.78 Å². The molecule has 2 rings (SSSR count). The van der Waals surface area contributed by atoms with Gasteiger partial charge in [0.15, 0.2) is 5.78 Å². The molecule has 0 amide bonds. The number of nitrogens with one attached hydrogen (secondary N) is 1. The van der Waals surface area contributed by atoms with Crippen LogP contribution in [0.15, 0.2) is 30.3 Å². The highest BCUT2D eigenvalue weighted by Crippen LogP contribution is 2.11. The molecule has 1 heterocycles. The van der Waals surface area contributed by atoms with Gasteiger partial charge in [0.25, 0.3) is 0 Å². The van der Waals surface area contributed by atoms with Gasteiger partial charge in [0.2, 0.25) is 0 Å². The van der Waals surface area contributed by atoms with Crippen molar-refractivity contribution in [1.29, 1.82) is 0 Å². The molecule has 4 nitrogen and oxygen atoms in total. The molecule has 0 saturated heterocycles. The highest BCUT2D eigenvalue weighted by Gasteiger charge is 2.01. The summed E-state index contributed by atoms with van der Waals surface area (Å²) in [5.41, 5.74) is 3.85. The van der Waals surface area contributed by atoms with Gasteiger partial charge in [-0.05, 0) is 51.1 Å². The van der Waals surface area contributed by atoms with E-state index in [0.29, 0.717) is 6.67 Å². The molecule has 0 atom stereocenters. The lowest BCUT2D eigenvalue weighted by molar-refractivity contribution is 0.101. The molecule has 0 aliphatic heterocycles. The van der Waals surface area contributed by atoms with E-state index >= 15 is 0 Å². The maximum absolute atomic E-state index is 11.1. The minimum absolute atomic E-state index is 0.0834. The molecule has 2 aromatic rings. The number of carbonyl (C=O) groups is 1. The van der Waals surface area contributed by atoms with Gasteiger partial charge in [-0.15, -0.1) is 0 Å². The Morgan fingerprint density at radius 3 is 2.44 bits per heavy atom. The number of Topliss-reactive ketones (excluding diaryl/α,β-unsaturated/α-hetero) is 1. The Morgan fingerprint density at radius 2 is 1.94 bits per heavy atom. The van der Waals surface area contributed by atoms with Gasteiger partial charge < -0.3 is 5.32 Å². The van der Waals surface area contributed by atoms with Crippen LogP contribution in [0.4, 0.5) is 5.69 Å². The van der Waals surface area contributed by atoms with Crippen LogP contribution in [0.3, 0.4) is 0 Å². The van der Waals surface area contributed by atoms with E-state index in [1.807, 2.05) is 48.9 Å². The Hall–Kier alpha value is -2.10. The lowest BCUT2D eigenvalue weighted by Gasteiger charge is -2.08. The molecule has 0 fully saturated rings. The number of benzene rings is 1. The molecule has 0 aliphatic carbocycles. The third-order valence-electron chi connectivity index (χ3n) is 2.83. The maximum Gasteiger partial charge on any atom is 0.159 e. The Bertz CT molecular complexity index is 555. The third kappa shape index (κ3) is 2.77. The summed E-state index contributed by atoms with van der Waals surface area (Å²) in [5.74, 6) is 0.0834. The fourth-order valence-electron chi connectivity index (χ4n) is 1.82. The fraction of sp³-hybridized carbons (Fsp3) is 0.286. The van der Waals surface area contributed by atoms with E-state index in [0.717, 1.165) is 22.6 Å². The molecule has 1 aromatic carbocycles. The van der Waals surface area contributed by atoms with E-state index in [4.69, 9.17) is 0 Å². The molecule has 4 heteroatoms. The number of hydrogen-bond donors (Lipinski definition) is 1. The molecule has 0 bridgehead atoms. The van der Waals surface area contributed by atoms with Crippen molar-refractivity contribution in [2.24, 2.45) is 0 Å². The standard InChI is InChI=1S/C14H17N3O/c1-10-8-11(2)17(16-10)9-15-14-6-4-13(5-7-14)12(3)18/h4-8,15H,9H2,1-3H3. The smallest absolute Gasteiger partial charge is 0.159 e. The molecule has 0 saturated carbocycles. The van der Waals surface area contributed by atoms with E-state index in [9.17, 15) is 4.79 Å². The number of aromatic nitrogens is 2. The molecule has 0 unspecified atom stereocenters. The predicted octanol–water partition coefficient (Wildman–Crippen LogP) is 2.77. The first-order chi connectivity index (χ1) is 8.56. The lowest BCUT2D eigenvalue weighted by Crippen LogP contribution is -2.11. The first-order valence-electron chi connectivity index (χ1n) is 5.92. The van der Waals surface area contributed by atoms with Gasteiger partial charge in [0.1, 0.15) is 6.67 Å². The summed E-state index contributed by atoms with van der Waals surface area (Å²) in [6, 6.07) is 9.50. The van der Waals surface area contributed by atoms with E-state index < -0.39 is 0 Å². The van der Waals surface area contributed by atoms with Gasteiger partial charge in [-0.1, -0.05) is 0 Å². The molecule has 18 heavy (non-hydrogen) atoms. The van der Waals surface area contributed by atoms with Crippen LogP contribution < -0.4 is 5.32 Å². The number of nitrogens with zero attached hydrogens (tertiary/aromatic N) is 2. The van der Waals surface area contributed by atoms with Crippen molar-refractivity contribution in [3.63, 3.8) is 0 Å². The quantitative estimate of drug-likeness (QED) is 0.840. The summed E-state index contributed by atoms with van der Waals surface area (Å²) in [7, 11) is 0. The number of rotatable bonds is 4. The van der Waals surface area contributed by atoms with Gasteiger partial charge in [-0.3, -0.25) is 9.48 Å². The van der Waals surface area contributed by atoms with Gasteiger partial charge in [0, 0.05) is 16.9 Å². The average molecular weight is 243 g/mol. The first kappa shape index (κ1) is 12.4. The van der Waals surface area contributed by atoms with E-state index in [-0.39, 0.29) is 5.78 Å². The normalized spacial score (nSPS) is 10.4. The summed E-state index contributed by atoms with van der Waals surface area (Å²) in [6.45, 7) is 6.20. The largest absolute Gasteiger partial charge is 0.366 e. The van der Waals surface area contributed by atoms with Crippen molar-refractivity contribution < 1.29 is 4.79 Å². The second-order valence-corrected chi connectivity index (χ2v) is 4.40. The van der Waals surface area contributed by atoms with Crippen LogP contribution >= 0.6 is 0 Å². The van der Waals surface area contributed by atoms with Crippen LogP contribution in [0.5, 0.6) is 0 Å². The number of carbonyl (C=O) groups excluding carboxylic acids is 1. The second kappa shape index (κ2) is 5.04. The Labute approximate surface area is 107 Å². The molecule has 0 aliphatic rings. The van der Waals surface area contributed by atoms with E-state index in [2.05, 4.69) is 10.4 Å². The van der Waals surface area contributed by atoms with Crippen LogP contribution in [0.2, 0.25) is 0 Å². The topological polar surface area (TPSA) is 46.9 Å². The fourth-order valence-corrected chi connectivity index (χ4v) is 1.82. The summed E-state index contributed by atoms with van der Waals surface area (Å²) < 4.78 is 1.91. The maximum atomic E-state index is 11.1. The molecule has 94 valence electrons. The highest BCUT2D eigenvalue weighted by atomic mass is 16.1. The van der Waals surface area contributed by atoms with Crippen LogP contribution in [0, 0.1) is 13.8 Å². The number of aryl methyl sites for hydroxylation is 2. The van der Waals surface area contributed by atoms with Gasteiger partial charge in [-0.25, -0.2) is 0 Å². The van der Waals surface area contributed by atoms with E-state index in [1.165, 1.54) is 0 Å². The predicted molar refractivity (Wildman–Crippen MR) is 71.8 cm³/mol.